The van der Waals surface area contributed by atoms with E-state index < -0.39 is 97.5 Å². The van der Waals surface area contributed by atoms with E-state index in [-0.39, 0.29) is 25.7 Å². The van der Waals surface area contributed by atoms with Gasteiger partial charge in [0.2, 0.25) is 0 Å². The smallest absolute Gasteiger partial charge is 0.462 e. The predicted octanol–water partition coefficient (Wildman–Crippen LogP) is 21.8. The number of unbranched alkanes of at least 4 members (excludes halogenated alkanes) is 49. The van der Waals surface area contributed by atoms with E-state index in [2.05, 4.69) is 27.7 Å². The third-order valence-electron chi connectivity index (χ3n) is 17.4. The average molecular weight is 1370 g/mol. The molecule has 0 rings (SSSR count). The van der Waals surface area contributed by atoms with Crippen LogP contribution in [0, 0.1) is 0 Å². The molecule has 0 aliphatic carbocycles. The Labute approximate surface area is 568 Å². The molecule has 3 N–H and O–H groups in total. The van der Waals surface area contributed by atoms with Crippen molar-refractivity contribution in [1.29, 1.82) is 0 Å². The van der Waals surface area contributed by atoms with Gasteiger partial charge in [-0.25, -0.2) is 9.13 Å². The molecule has 0 aromatic carbocycles. The number of esters is 4. The quantitative estimate of drug-likeness (QED) is 0.0222. The number of carbonyl (C=O) groups is 4. The number of hydrogen-bond donors (Lipinski definition) is 3. The number of aliphatic hydroxyl groups is 1. The van der Waals surface area contributed by atoms with E-state index in [1.165, 1.54) is 225 Å². The van der Waals surface area contributed by atoms with Gasteiger partial charge in [-0.15, -0.1) is 0 Å². The van der Waals surface area contributed by atoms with E-state index in [1.807, 2.05) is 0 Å². The van der Waals surface area contributed by atoms with E-state index in [0.29, 0.717) is 25.7 Å². The van der Waals surface area contributed by atoms with Gasteiger partial charge in [-0.3, -0.25) is 37.3 Å². The molecule has 552 valence electrons. The van der Waals surface area contributed by atoms with Crippen molar-refractivity contribution >= 4 is 39.5 Å². The average Bonchev–Trinajstić information content (AvgIpc) is 3.15. The number of carbonyl (C=O) groups excluding carboxylic acids is 4. The topological polar surface area (TPSA) is 237 Å². The minimum Gasteiger partial charge on any atom is -0.462 e. The van der Waals surface area contributed by atoms with Gasteiger partial charge in [-0.2, -0.15) is 0 Å². The van der Waals surface area contributed by atoms with Gasteiger partial charge >= 0.3 is 39.5 Å². The summed E-state index contributed by atoms with van der Waals surface area (Å²) in [5.41, 5.74) is 0. The van der Waals surface area contributed by atoms with Crippen LogP contribution >= 0.6 is 15.6 Å². The van der Waals surface area contributed by atoms with Gasteiger partial charge in [0.05, 0.1) is 26.4 Å². The standard InChI is InChI=1S/C74H144O17P2/c1-5-9-13-17-21-25-29-30-31-32-33-34-35-36-37-38-39-41-45-49-53-57-61-74(79)91-70(65-85-72(77)59-55-51-47-44-40-26-22-18-14-10-6-2)67-89-93(82,83)87-63-68(75)62-86-92(80,81)88-66-69(90-73(78)60-56-52-48-43-28-24-20-16-12-8-4)64-84-71(76)58-54-50-46-42-27-23-19-15-11-7-3/h68-70,75H,5-67H2,1-4H3,(H,80,81)(H,82,83)/t68-,69+,70+/m0/s1. The van der Waals surface area contributed by atoms with E-state index >= 15 is 0 Å². The molecule has 0 aliphatic rings. The van der Waals surface area contributed by atoms with Crippen molar-refractivity contribution in [3.05, 3.63) is 0 Å². The SMILES string of the molecule is CCCCCCCCCCCCCCCCCCCCCCCCC(=O)O[C@H](COC(=O)CCCCCCCCCCCCC)COP(=O)(O)OC[C@@H](O)COP(=O)(O)OC[C@@H](COC(=O)CCCCCCCCCCCC)OC(=O)CCCCCCCCCCCC. The van der Waals surface area contributed by atoms with Crippen molar-refractivity contribution in [2.75, 3.05) is 39.6 Å². The molecule has 0 saturated carbocycles. The van der Waals surface area contributed by atoms with Crippen LogP contribution in [0.25, 0.3) is 0 Å². The molecule has 0 spiro atoms. The summed E-state index contributed by atoms with van der Waals surface area (Å²) >= 11 is 0. The highest BCUT2D eigenvalue weighted by molar-refractivity contribution is 7.47. The first-order valence-corrected chi connectivity index (χ1v) is 41.8. The molecule has 0 aromatic heterocycles. The summed E-state index contributed by atoms with van der Waals surface area (Å²) in [7, 11) is -9.90. The van der Waals surface area contributed by atoms with Crippen LogP contribution in [0.5, 0.6) is 0 Å². The van der Waals surface area contributed by atoms with E-state index in [0.717, 1.165) is 89.9 Å². The summed E-state index contributed by atoms with van der Waals surface area (Å²) in [6.07, 6.45) is 58.4. The Hall–Kier alpha value is -1.94. The third kappa shape index (κ3) is 68.4. The lowest BCUT2D eigenvalue weighted by molar-refractivity contribution is -0.161. The van der Waals surface area contributed by atoms with Crippen LogP contribution in [-0.2, 0) is 65.4 Å². The van der Waals surface area contributed by atoms with E-state index in [9.17, 15) is 43.2 Å². The van der Waals surface area contributed by atoms with Crippen LogP contribution in [0.1, 0.15) is 394 Å². The molecule has 0 aromatic rings. The van der Waals surface area contributed by atoms with Crippen LogP contribution in [0.2, 0.25) is 0 Å². The van der Waals surface area contributed by atoms with Gasteiger partial charge in [0.1, 0.15) is 19.3 Å². The molecule has 2 unspecified atom stereocenters. The summed E-state index contributed by atoms with van der Waals surface area (Å²) < 4.78 is 68.3. The number of phosphoric acid groups is 2. The highest BCUT2D eigenvalue weighted by atomic mass is 31.2. The summed E-state index contributed by atoms with van der Waals surface area (Å²) in [5.74, 6) is -2.12. The molecular formula is C74H144O17P2. The molecule has 0 bridgehead atoms. The van der Waals surface area contributed by atoms with Gasteiger partial charge in [0.15, 0.2) is 12.2 Å². The first-order chi connectivity index (χ1) is 45.2. The zero-order valence-electron chi connectivity index (χ0n) is 60.2. The largest absolute Gasteiger partial charge is 0.472 e. The predicted molar refractivity (Wildman–Crippen MR) is 377 cm³/mol. The maximum atomic E-state index is 13.0. The zero-order valence-corrected chi connectivity index (χ0v) is 62.0. The Bertz CT molecular complexity index is 1770. The Balaban J connectivity index is 5.13. The van der Waals surface area contributed by atoms with Crippen molar-refractivity contribution in [2.45, 2.75) is 412 Å². The molecule has 0 fully saturated rings. The fraction of sp³-hybridized carbons (Fsp3) is 0.946. The first kappa shape index (κ1) is 91.1. The van der Waals surface area contributed by atoms with Crippen LogP contribution in [0.15, 0.2) is 0 Å². The van der Waals surface area contributed by atoms with Crippen LogP contribution < -0.4 is 0 Å². The van der Waals surface area contributed by atoms with Gasteiger partial charge in [-0.1, -0.05) is 342 Å². The summed E-state index contributed by atoms with van der Waals surface area (Å²) in [6.45, 7) is 4.94. The number of hydrogen-bond acceptors (Lipinski definition) is 15. The van der Waals surface area contributed by atoms with Gasteiger partial charge < -0.3 is 33.8 Å². The van der Waals surface area contributed by atoms with Crippen LogP contribution in [-0.4, -0.2) is 96.7 Å². The third-order valence-corrected chi connectivity index (χ3v) is 19.3. The second-order valence-corrected chi connectivity index (χ2v) is 29.6. The highest BCUT2D eigenvalue weighted by Crippen LogP contribution is 2.45. The molecule has 0 amide bonds. The maximum absolute atomic E-state index is 13.0. The van der Waals surface area contributed by atoms with E-state index in [1.54, 1.807) is 0 Å². The second-order valence-electron chi connectivity index (χ2n) is 26.7. The number of phosphoric ester groups is 2. The summed E-state index contributed by atoms with van der Waals surface area (Å²) in [5, 5.41) is 10.6. The Kier molecular flexibility index (Phi) is 67.1. The molecule has 0 aliphatic heterocycles. The maximum Gasteiger partial charge on any atom is 0.472 e. The summed E-state index contributed by atoms with van der Waals surface area (Å²) in [6, 6.07) is 0. The molecule has 0 heterocycles. The summed E-state index contributed by atoms with van der Waals surface area (Å²) in [4.78, 5) is 72.6. The van der Waals surface area contributed by atoms with E-state index in [4.69, 9.17) is 37.0 Å². The number of rotatable bonds is 75. The minimum absolute atomic E-state index is 0.107. The van der Waals surface area contributed by atoms with Crippen molar-refractivity contribution in [3.63, 3.8) is 0 Å². The lowest BCUT2D eigenvalue weighted by atomic mass is 10.0. The molecule has 5 atom stereocenters. The van der Waals surface area contributed by atoms with Gasteiger partial charge in [0.25, 0.3) is 0 Å². The Morgan fingerprint density at radius 3 is 0.634 bits per heavy atom. The molecule has 0 radical (unpaired) electrons. The molecule has 19 heteroatoms. The molecule has 17 nitrogen and oxygen atoms in total. The lowest BCUT2D eigenvalue weighted by Crippen LogP contribution is -2.30. The van der Waals surface area contributed by atoms with Crippen molar-refractivity contribution in [2.24, 2.45) is 0 Å². The number of aliphatic hydroxyl groups excluding tert-OH is 1. The van der Waals surface area contributed by atoms with Crippen molar-refractivity contribution < 1.29 is 80.2 Å². The van der Waals surface area contributed by atoms with Crippen molar-refractivity contribution in [3.8, 4) is 0 Å². The van der Waals surface area contributed by atoms with Gasteiger partial charge in [-0.05, 0) is 25.7 Å². The Morgan fingerprint density at radius 1 is 0.258 bits per heavy atom. The van der Waals surface area contributed by atoms with Crippen LogP contribution in [0.4, 0.5) is 0 Å². The monoisotopic (exact) mass is 1370 g/mol. The molecular weight excluding hydrogens is 1220 g/mol. The van der Waals surface area contributed by atoms with Gasteiger partial charge in [0, 0.05) is 25.7 Å². The molecule has 93 heavy (non-hydrogen) atoms. The van der Waals surface area contributed by atoms with Crippen molar-refractivity contribution in [1.82, 2.24) is 0 Å². The first-order valence-electron chi connectivity index (χ1n) is 38.8. The molecule has 0 saturated heterocycles. The fourth-order valence-electron chi connectivity index (χ4n) is 11.4. The number of ether oxygens (including phenoxy) is 4. The van der Waals surface area contributed by atoms with Crippen LogP contribution in [0.3, 0.4) is 0 Å². The second kappa shape index (κ2) is 68.6. The lowest BCUT2D eigenvalue weighted by Gasteiger charge is -2.21. The highest BCUT2D eigenvalue weighted by Gasteiger charge is 2.30. The fourth-order valence-corrected chi connectivity index (χ4v) is 13.0. The normalized spacial score (nSPS) is 13.9. The minimum atomic E-state index is -4.95. The Morgan fingerprint density at radius 2 is 0.430 bits per heavy atom. The zero-order chi connectivity index (χ0) is 68.2.